The molecule has 0 fully saturated rings. The number of ketones is 2. The van der Waals surface area contributed by atoms with Crippen LogP contribution in [0.15, 0.2) is 72.8 Å². The maximum absolute atomic E-state index is 13.6. The van der Waals surface area contributed by atoms with Crippen LogP contribution in [0.1, 0.15) is 35.0 Å². The molecule has 0 aliphatic rings. The van der Waals surface area contributed by atoms with E-state index < -0.39 is 0 Å². The largest absolute Gasteiger partial charge is 0.494 e. The first kappa shape index (κ1) is 22.8. The second-order valence-electron chi connectivity index (χ2n) is 7.76. The third-order valence-electron chi connectivity index (χ3n) is 5.52. The maximum Gasteiger partial charge on any atom is 0.195 e. The van der Waals surface area contributed by atoms with Crippen molar-refractivity contribution in [3.05, 3.63) is 89.6 Å². The van der Waals surface area contributed by atoms with Gasteiger partial charge in [-0.1, -0.05) is 30.3 Å². The van der Waals surface area contributed by atoms with Crippen LogP contribution in [-0.4, -0.2) is 29.3 Å². The predicted octanol–water partition coefficient (Wildman–Crippen LogP) is 5.43. The van der Waals surface area contributed by atoms with E-state index in [1.807, 2.05) is 73.0 Å². The Balaban J connectivity index is 1.84. The number of fused-ring (bicyclic) bond motifs is 1. The van der Waals surface area contributed by atoms with Crippen molar-refractivity contribution in [1.29, 1.82) is 5.26 Å². The Labute approximate surface area is 198 Å². The molecule has 0 saturated carbocycles. The van der Waals surface area contributed by atoms with Gasteiger partial charge in [0, 0.05) is 22.3 Å². The topological polar surface area (TPSA) is 81.3 Å². The minimum atomic E-state index is -0.300. The van der Waals surface area contributed by atoms with Gasteiger partial charge in [-0.25, -0.2) is 0 Å². The van der Waals surface area contributed by atoms with Crippen molar-refractivity contribution in [2.75, 3.05) is 13.2 Å². The normalized spacial score (nSPS) is 10.6. The first-order valence-corrected chi connectivity index (χ1v) is 11.0. The van der Waals surface area contributed by atoms with E-state index in [1.165, 1.54) is 0 Å². The van der Waals surface area contributed by atoms with Gasteiger partial charge >= 0.3 is 0 Å². The molecule has 6 nitrogen and oxygen atoms in total. The summed E-state index contributed by atoms with van der Waals surface area (Å²) in [5.41, 5.74) is 3.70. The second-order valence-corrected chi connectivity index (χ2v) is 7.76. The van der Waals surface area contributed by atoms with Crippen molar-refractivity contribution in [3.8, 4) is 23.3 Å². The first-order chi connectivity index (χ1) is 16.5. The number of benzene rings is 3. The third kappa shape index (κ3) is 4.55. The standard InChI is InChI=1S/C28H24N2O4/c1-3-33-23-11-9-21(10-12-23)30-19(2)27(28(32)20-7-5-4-6-8-20)25-17-24(13-14-26(25)30)34-18-22(31)15-16-29/h4-14,17H,3,15,18H2,1-2H3. The fraction of sp³-hybridized carbons (Fsp3) is 0.179. The number of carbonyl (C=O) groups is 2. The number of aromatic nitrogens is 1. The van der Waals surface area contributed by atoms with Gasteiger partial charge in [0.05, 0.1) is 30.2 Å². The van der Waals surface area contributed by atoms with Crippen molar-refractivity contribution in [3.63, 3.8) is 0 Å². The van der Waals surface area contributed by atoms with Gasteiger partial charge < -0.3 is 14.0 Å². The molecule has 170 valence electrons. The Kier molecular flexibility index (Phi) is 6.74. The van der Waals surface area contributed by atoms with Crippen molar-refractivity contribution in [2.45, 2.75) is 20.3 Å². The number of hydrogen-bond acceptors (Lipinski definition) is 5. The van der Waals surface area contributed by atoms with Crippen molar-refractivity contribution < 1.29 is 19.1 Å². The number of ether oxygens (including phenoxy) is 2. The average molecular weight is 453 g/mol. The van der Waals surface area contributed by atoms with Crippen LogP contribution in [0, 0.1) is 18.3 Å². The fourth-order valence-electron chi connectivity index (χ4n) is 4.00. The summed E-state index contributed by atoms with van der Waals surface area (Å²) in [7, 11) is 0. The molecule has 1 aromatic heterocycles. The highest BCUT2D eigenvalue weighted by atomic mass is 16.5. The molecule has 1 heterocycles. The lowest BCUT2D eigenvalue weighted by molar-refractivity contribution is -0.120. The highest BCUT2D eigenvalue weighted by Crippen LogP contribution is 2.34. The quantitative estimate of drug-likeness (QED) is 0.316. The van der Waals surface area contributed by atoms with Gasteiger partial charge in [-0.3, -0.25) is 9.59 Å². The molecular weight excluding hydrogens is 428 g/mol. The van der Waals surface area contributed by atoms with Crippen LogP contribution in [0.5, 0.6) is 11.5 Å². The van der Waals surface area contributed by atoms with Crippen LogP contribution in [0.4, 0.5) is 0 Å². The zero-order valence-corrected chi connectivity index (χ0v) is 19.1. The molecule has 0 bridgehead atoms. The molecule has 0 aliphatic carbocycles. The molecule has 3 aromatic carbocycles. The Hall–Kier alpha value is -4.37. The highest BCUT2D eigenvalue weighted by molar-refractivity contribution is 6.18. The molecule has 6 heteroatoms. The van der Waals surface area contributed by atoms with E-state index in [0.717, 1.165) is 28.0 Å². The summed E-state index contributed by atoms with van der Waals surface area (Å²) in [5.74, 6) is 0.847. The van der Waals surface area contributed by atoms with E-state index in [9.17, 15) is 9.59 Å². The van der Waals surface area contributed by atoms with Crippen LogP contribution >= 0.6 is 0 Å². The zero-order valence-electron chi connectivity index (χ0n) is 19.1. The van der Waals surface area contributed by atoms with Gasteiger partial charge in [0.1, 0.15) is 18.1 Å². The highest BCUT2D eigenvalue weighted by Gasteiger charge is 2.22. The maximum atomic E-state index is 13.6. The summed E-state index contributed by atoms with van der Waals surface area (Å²) in [4.78, 5) is 25.3. The van der Waals surface area contributed by atoms with E-state index in [2.05, 4.69) is 0 Å². The Morgan fingerprint density at radius 1 is 0.941 bits per heavy atom. The molecule has 0 aliphatic heterocycles. The van der Waals surface area contributed by atoms with Gasteiger partial charge in [0.15, 0.2) is 11.6 Å². The summed E-state index contributed by atoms with van der Waals surface area (Å²) in [6, 6.07) is 24.1. The van der Waals surface area contributed by atoms with Gasteiger partial charge in [-0.2, -0.15) is 5.26 Å². The lowest BCUT2D eigenvalue weighted by Gasteiger charge is -2.11. The molecule has 4 rings (SSSR count). The molecule has 0 amide bonds. The molecule has 0 radical (unpaired) electrons. The molecular formula is C28H24N2O4. The van der Waals surface area contributed by atoms with Gasteiger partial charge in [0.2, 0.25) is 0 Å². The Morgan fingerprint density at radius 3 is 2.32 bits per heavy atom. The number of Topliss-reactive ketones (excluding diaryl/α,β-unsaturated/α-hetero) is 1. The van der Waals surface area contributed by atoms with Crippen LogP contribution in [0.3, 0.4) is 0 Å². The van der Waals surface area contributed by atoms with Crippen LogP contribution in [-0.2, 0) is 4.79 Å². The first-order valence-electron chi connectivity index (χ1n) is 11.0. The molecule has 4 aromatic rings. The summed E-state index contributed by atoms with van der Waals surface area (Å²) < 4.78 is 13.2. The van der Waals surface area contributed by atoms with Crippen molar-refractivity contribution in [1.82, 2.24) is 4.57 Å². The molecule has 0 N–H and O–H groups in total. The van der Waals surface area contributed by atoms with Crippen molar-refractivity contribution >= 4 is 22.5 Å². The number of rotatable bonds is 9. The molecule has 34 heavy (non-hydrogen) atoms. The minimum absolute atomic E-state index is 0.0921. The summed E-state index contributed by atoms with van der Waals surface area (Å²) in [5, 5.41) is 9.42. The van der Waals surface area contributed by atoms with Gasteiger partial charge in [-0.15, -0.1) is 0 Å². The van der Waals surface area contributed by atoms with Crippen LogP contribution < -0.4 is 9.47 Å². The van der Waals surface area contributed by atoms with Gasteiger partial charge in [-0.05, 0) is 56.3 Å². The minimum Gasteiger partial charge on any atom is -0.494 e. The zero-order chi connectivity index (χ0) is 24.1. The Bertz CT molecular complexity index is 1380. The monoisotopic (exact) mass is 452 g/mol. The predicted molar refractivity (Wildman–Crippen MR) is 130 cm³/mol. The molecule has 0 saturated heterocycles. The summed E-state index contributed by atoms with van der Waals surface area (Å²) in [6.07, 6.45) is -0.201. The number of nitrogens with zero attached hydrogens (tertiary/aromatic N) is 2. The van der Waals surface area contributed by atoms with Crippen molar-refractivity contribution in [2.24, 2.45) is 0 Å². The Morgan fingerprint density at radius 2 is 1.65 bits per heavy atom. The van der Waals surface area contributed by atoms with Crippen LogP contribution in [0.2, 0.25) is 0 Å². The summed E-state index contributed by atoms with van der Waals surface area (Å²) in [6.45, 7) is 4.25. The lowest BCUT2D eigenvalue weighted by Crippen LogP contribution is -2.10. The molecule has 0 atom stereocenters. The van der Waals surface area contributed by atoms with E-state index in [0.29, 0.717) is 23.5 Å². The van der Waals surface area contributed by atoms with E-state index >= 15 is 0 Å². The third-order valence-corrected chi connectivity index (χ3v) is 5.52. The van der Waals surface area contributed by atoms with E-state index in [4.69, 9.17) is 14.7 Å². The molecule has 0 unspecified atom stereocenters. The lowest BCUT2D eigenvalue weighted by atomic mass is 10.0. The summed E-state index contributed by atoms with van der Waals surface area (Å²) >= 11 is 0. The smallest absolute Gasteiger partial charge is 0.195 e. The SMILES string of the molecule is CCOc1ccc(-n2c(C)c(C(=O)c3ccccc3)c3cc(OCC(=O)CC#N)ccc32)cc1. The molecule has 0 spiro atoms. The van der Waals surface area contributed by atoms with E-state index in [-0.39, 0.29) is 24.6 Å². The number of carbonyl (C=O) groups excluding carboxylic acids is 2. The van der Waals surface area contributed by atoms with E-state index in [1.54, 1.807) is 24.3 Å². The average Bonchev–Trinajstić information content (AvgIpc) is 3.14. The number of nitriles is 1. The van der Waals surface area contributed by atoms with Gasteiger partial charge in [0.25, 0.3) is 0 Å². The van der Waals surface area contributed by atoms with Crippen LogP contribution in [0.25, 0.3) is 16.6 Å². The number of hydrogen-bond donors (Lipinski definition) is 0. The fourth-order valence-corrected chi connectivity index (χ4v) is 4.00. The second kappa shape index (κ2) is 10.1.